The maximum atomic E-state index is 13.5. The fourth-order valence-electron chi connectivity index (χ4n) is 6.43. The number of fused-ring (bicyclic) bond motifs is 2. The maximum Gasteiger partial charge on any atom is 0.254 e. The SMILES string of the molecule is CCN1CC2CC(OCC(=O)N3CCN(C(=O)c4cc(C)cc(C)c4)CC3c3ccc(Cl)c(Cl)c3)C1C2. The number of halogens is 2. The molecule has 0 N–H and O–H groups in total. The zero-order chi connectivity index (χ0) is 26.3. The van der Waals surface area contributed by atoms with E-state index in [1.807, 2.05) is 41.8 Å². The van der Waals surface area contributed by atoms with Crippen molar-refractivity contribution in [2.24, 2.45) is 5.92 Å². The highest BCUT2D eigenvalue weighted by Crippen LogP contribution is 2.39. The minimum absolute atomic E-state index is 0.0261. The summed E-state index contributed by atoms with van der Waals surface area (Å²) in [5, 5.41) is 0.893. The first-order chi connectivity index (χ1) is 17.7. The molecule has 2 amide bonds. The number of nitrogens with zero attached hydrogens (tertiary/aromatic N) is 3. The van der Waals surface area contributed by atoms with Crippen molar-refractivity contribution in [2.75, 3.05) is 39.3 Å². The Labute approximate surface area is 229 Å². The molecular weight excluding hydrogens is 509 g/mol. The third-order valence-corrected chi connectivity index (χ3v) is 8.88. The summed E-state index contributed by atoms with van der Waals surface area (Å²) in [7, 11) is 0. The molecule has 3 aliphatic rings. The first-order valence-corrected chi connectivity index (χ1v) is 14.0. The highest BCUT2D eigenvalue weighted by Gasteiger charge is 2.45. The number of carbonyl (C=O) groups is 2. The molecule has 2 aromatic carbocycles. The summed E-state index contributed by atoms with van der Waals surface area (Å²) in [5.74, 6) is 0.594. The Morgan fingerprint density at radius 1 is 0.973 bits per heavy atom. The number of piperidine rings is 1. The van der Waals surface area contributed by atoms with E-state index in [4.69, 9.17) is 27.9 Å². The third-order valence-electron chi connectivity index (χ3n) is 8.14. The summed E-state index contributed by atoms with van der Waals surface area (Å²) >= 11 is 12.5. The molecule has 4 atom stereocenters. The van der Waals surface area contributed by atoms with Crippen LogP contribution in [0.5, 0.6) is 0 Å². The van der Waals surface area contributed by atoms with Crippen molar-refractivity contribution in [3.8, 4) is 0 Å². The van der Waals surface area contributed by atoms with Gasteiger partial charge in [-0.05, 0) is 69.0 Å². The normalized spacial score (nSPS) is 25.6. The quantitative estimate of drug-likeness (QED) is 0.506. The summed E-state index contributed by atoms with van der Waals surface area (Å²) in [6, 6.07) is 11.4. The summed E-state index contributed by atoms with van der Waals surface area (Å²) in [5.41, 5.74) is 3.64. The van der Waals surface area contributed by atoms with Gasteiger partial charge in [0.2, 0.25) is 5.91 Å². The monoisotopic (exact) mass is 543 g/mol. The van der Waals surface area contributed by atoms with Crippen molar-refractivity contribution in [1.29, 1.82) is 0 Å². The lowest BCUT2D eigenvalue weighted by molar-refractivity contribution is -0.144. The number of benzene rings is 2. The highest BCUT2D eigenvalue weighted by molar-refractivity contribution is 6.42. The molecule has 2 bridgehead atoms. The molecular formula is C29H35Cl2N3O3. The summed E-state index contributed by atoms with van der Waals surface area (Å²) in [6.07, 6.45) is 2.30. The molecule has 0 radical (unpaired) electrons. The largest absolute Gasteiger partial charge is 0.367 e. The molecule has 6 nitrogen and oxygen atoms in total. The number of amides is 2. The number of ether oxygens (including phenoxy) is 1. The number of piperazine rings is 1. The maximum absolute atomic E-state index is 13.5. The minimum atomic E-state index is -0.332. The Bertz CT molecular complexity index is 1170. The van der Waals surface area contributed by atoms with Crippen molar-refractivity contribution < 1.29 is 14.3 Å². The number of hydrogen-bond donors (Lipinski definition) is 0. The standard InChI is InChI=1S/C29H35Cl2N3O3/c1-4-32-15-20-12-25(32)27(13-20)37-17-28(35)34-8-7-33(29(36)22-10-18(2)9-19(3)11-22)16-26(34)21-5-6-23(30)24(31)14-21/h5-6,9-11,14,20,25-27H,4,7-8,12-13,15-17H2,1-3H3. The second-order valence-electron chi connectivity index (χ2n) is 10.7. The van der Waals surface area contributed by atoms with Crippen LogP contribution in [-0.2, 0) is 9.53 Å². The topological polar surface area (TPSA) is 53.1 Å². The van der Waals surface area contributed by atoms with E-state index in [-0.39, 0.29) is 30.6 Å². The molecule has 0 aromatic heterocycles. The van der Waals surface area contributed by atoms with Crippen LogP contribution < -0.4 is 0 Å². The molecule has 8 heteroatoms. The Kier molecular flexibility index (Phi) is 7.83. The molecule has 2 aromatic rings. The van der Waals surface area contributed by atoms with Gasteiger partial charge in [-0.15, -0.1) is 0 Å². The Balaban J connectivity index is 1.33. The van der Waals surface area contributed by atoms with E-state index in [0.29, 0.717) is 47.2 Å². The van der Waals surface area contributed by atoms with Gasteiger partial charge in [0.25, 0.3) is 5.91 Å². The predicted octanol–water partition coefficient (Wildman–Crippen LogP) is 5.14. The van der Waals surface area contributed by atoms with Crippen molar-refractivity contribution in [1.82, 2.24) is 14.7 Å². The fourth-order valence-corrected chi connectivity index (χ4v) is 6.74. The number of aryl methyl sites for hydroxylation is 2. The van der Waals surface area contributed by atoms with Crippen LogP contribution in [0.3, 0.4) is 0 Å². The average Bonchev–Trinajstić information content (AvgIpc) is 3.48. The average molecular weight is 545 g/mol. The van der Waals surface area contributed by atoms with Gasteiger partial charge in [-0.2, -0.15) is 0 Å². The van der Waals surface area contributed by atoms with Gasteiger partial charge in [0, 0.05) is 37.8 Å². The Morgan fingerprint density at radius 2 is 1.73 bits per heavy atom. The van der Waals surface area contributed by atoms with Crippen LogP contribution in [0.1, 0.15) is 52.9 Å². The van der Waals surface area contributed by atoms with Gasteiger partial charge < -0.3 is 14.5 Å². The van der Waals surface area contributed by atoms with E-state index < -0.39 is 0 Å². The molecule has 0 spiro atoms. The van der Waals surface area contributed by atoms with Gasteiger partial charge in [0.15, 0.2) is 0 Å². The van der Waals surface area contributed by atoms with E-state index in [2.05, 4.69) is 17.9 Å². The molecule has 2 heterocycles. The molecule has 1 saturated carbocycles. The van der Waals surface area contributed by atoms with Crippen LogP contribution >= 0.6 is 23.2 Å². The first kappa shape index (κ1) is 26.5. The minimum Gasteiger partial charge on any atom is -0.367 e. The van der Waals surface area contributed by atoms with Crippen molar-refractivity contribution in [3.63, 3.8) is 0 Å². The van der Waals surface area contributed by atoms with Gasteiger partial charge in [0.1, 0.15) is 6.61 Å². The molecule has 37 heavy (non-hydrogen) atoms. The Morgan fingerprint density at radius 3 is 2.41 bits per heavy atom. The van der Waals surface area contributed by atoms with Crippen LogP contribution in [0.25, 0.3) is 0 Å². The van der Waals surface area contributed by atoms with Crippen LogP contribution in [0.15, 0.2) is 36.4 Å². The summed E-state index contributed by atoms with van der Waals surface area (Å²) in [6.45, 7) is 9.67. The highest BCUT2D eigenvalue weighted by atomic mass is 35.5. The number of likely N-dealkylation sites (N-methyl/N-ethyl adjacent to an activating group) is 1. The molecule has 2 aliphatic heterocycles. The second-order valence-corrected chi connectivity index (χ2v) is 11.6. The smallest absolute Gasteiger partial charge is 0.254 e. The van der Waals surface area contributed by atoms with Gasteiger partial charge in [-0.25, -0.2) is 0 Å². The Hall–Kier alpha value is -2.12. The van der Waals surface area contributed by atoms with Crippen molar-refractivity contribution >= 4 is 35.0 Å². The lowest BCUT2D eigenvalue weighted by Crippen LogP contribution is -2.53. The van der Waals surface area contributed by atoms with E-state index in [9.17, 15) is 9.59 Å². The molecule has 3 fully saturated rings. The van der Waals surface area contributed by atoms with E-state index in [0.717, 1.165) is 42.6 Å². The lowest BCUT2D eigenvalue weighted by Gasteiger charge is -2.42. The van der Waals surface area contributed by atoms with Gasteiger partial charge in [0.05, 0.1) is 22.2 Å². The van der Waals surface area contributed by atoms with Crippen LogP contribution in [0, 0.1) is 19.8 Å². The zero-order valence-corrected chi connectivity index (χ0v) is 23.3. The molecule has 198 valence electrons. The van der Waals surface area contributed by atoms with E-state index in [1.165, 1.54) is 0 Å². The third kappa shape index (κ3) is 5.53. The van der Waals surface area contributed by atoms with Crippen molar-refractivity contribution in [3.05, 3.63) is 68.7 Å². The van der Waals surface area contributed by atoms with Crippen LogP contribution in [0.4, 0.5) is 0 Å². The first-order valence-electron chi connectivity index (χ1n) is 13.2. The molecule has 2 saturated heterocycles. The van der Waals surface area contributed by atoms with Gasteiger partial charge in [-0.3, -0.25) is 14.5 Å². The summed E-state index contributed by atoms with van der Waals surface area (Å²) < 4.78 is 6.22. The molecule has 5 rings (SSSR count). The van der Waals surface area contributed by atoms with Crippen LogP contribution in [-0.4, -0.2) is 78.0 Å². The predicted molar refractivity (Wildman–Crippen MR) is 146 cm³/mol. The molecule has 1 aliphatic carbocycles. The van der Waals surface area contributed by atoms with E-state index >= 15 is 0 Å². The van der Waals surface area contributed by atoms with Crippen LogP contribution in [0.2, 0.25) is 10.0 Å². The fraction of sp³-hybridized carbons (Fsp3) is 0.517. The van der Waals surface area contributed by atoms with Gasteiger partial charge >= 0.3 is 0 Å². The second kappa shape index (κ2) is 10.9. The van der Waals surface area contributed by atoms with E-state index in [1.54, 1.807) is 12.1 Å². The van der Waals surface area contributed by atoms with Gasteiger partial charge in [-0.1, -0.05) is 53.4 Å². The number of rotatable bonds is 6. The number of hydrogen-bond acceptors (Lipinski definition) is 4. The number of carbonyl (C=O) groups excluding carboxylic acids is 2. The van der Waals surface area contributed by atoms with Crippen molar-refractivity contribution in [2.45, 2.75) is 51.8 Å². The zero-order valence-electron chi connectivity index (χ0n) is 21.8. The lowest BCUT2D eigenvalue weighted by atomic mass is 10.0. The summed E-state index contributed by atoms with van der Waals surface area (Å²) in [4.78, 5) is 33.1. The molecule has 4 unspecified atom stereocenters. The number of likely N-dealkylation sites (tertiary alicyclic amines) is 1.